The number of piperidine rings is 1. The van der Waals surface area contributed by atoms with Crippen molar-refractivity contribution in [1.82, 2.24) is 5.32 Å². The van der Waals surface area contributed by atoms with Crippen LogP contribution in [0.15, 0.2) is 18.2 Å². The lowest BCUT2D eigenvalue weighted by atomic mass is 9.89. The Kier molecular flexibility index (Phi) is 6.14. The summed E-state index contributed by atoms with van der Waals surface area (Å²) in [6, 6.07) is 5.43. The van der Waals surface area contributed by atoms with Crippen molar-refractivity contribution in [1.29, 1.82) is 0 Å². The van der Waals surface area contributed by atoms with Gasteiger partial charge in [-0.1, -0.05) is 6.07 Å². The minimum absolute atomic E-state index is 0. The Morgan fingerprint density at radius 2 is 1.85 bits per heavy atom. The maximum absolute atomic E-state index is 12.2. The Labute approximate surface area is 123 Å². The molecule has 0 unspecified atom stereocenters. The van der Waals surface area contributed by atoms with Gasteiger partial charge < -0.3 is 10.1 Å². The summed E-state index contributed by atoms with van der Waals surface area (Å²) in [5, 5.41) is 3.28. The SMILES string of the molecule is Cc1cc(OCC(F)(F)F)cc(C2CCNCC2)c1.Cl. The van der Waals surface area contributed by atoms with Crippen LogP contribution in [-0.4, -0.2) is 25.9 Å². The Balaban J connectivity index is 0.00000200. The van der Waals surface area contributed by atoms with Crippen molar-refractivity contribution in [2.75, 3.05) is 19.7 Å². The molecule has 2 nitrogen and oxygen atoms in total. The molecule has 114 valence electrons. The zero-order valence-corrected chi connectivity index (χ0v) is 12.1. The van der Waals surface area contributed by atoms with Gasteiger partial charge >= 0.3 is 6.18 Å². The number of hydrogen-bond acceptors (Lipinski definition) is 2. The maximum atomic E-state index is 12.2. The number of alkyl halides is 3. The van der Waals surface area contributed by atoms with Crippen molar-refractivity contribution < 1.29 is 17.9 Å². The van der Waals surface area contributed by atoms with E-state index in [0.717, 1.165) is 37.1 Å². The highest BCUT2D eigenvalue weighted by Crippen LogP contribution is 2.29. The Hall–Kier alpha value is -0.940. The molecule has 0 saturated carbocycles. The number of nitrogens with one attached hydrogen (secondary N) is 1. The Morgan fingerprint density at radius 3 is 2.45 bits per heavy atom. The van der Waals surface area contributed by atoms with Gasteiger partial charge in [-0.25, -0.2) is 0 Å². The number of rotatable bonds is 3. The topological polar surface area (TPSA) is 21.3 Å². The minimum Gasteiger partial charge on any atom is -0.484 e. The second kappa shape index (κ2) is 7.18. The smallest absolute Gasteiger partial charge is 0.422 e. The molecule has 0 aliphatic carbocycles. The van der Waals surface area contributed by atoms with Gasteiger partial charge in [0.25, 0.3) is 0 Å². The van der Waals surface area contributed by atoms with Crippen LogP contribution in [0.4, 0.5) is 13.2 Å². The predicted molar refractivity (Wildman–Crippen MR) is 74.8 cm³/mol. The molecule has 1 aliphatic rings. The third kappa shape index (κ3) is 5.21. The van der Waals surface area contributed by atoms with Crippen molar-refractivity contribution in [3.63, 3.8) is 0 Å². The summed E-state index contributed by atoms with van der Waals surface area (Å²) < 4.78 is 41.3. The zero-order valence-electron chi connectivity index (χ0n) is 11.3. The summed E-state index contributed by atoms with van der Waals surface area (Å²) in [5.74, 6) is 0.722. The van der Waals surface area contributed by atoms with E-state index in [1.54, 1.807) is 12.1 Å². The lowest BCUT2D eigenvalue weighted by Gasteiger charge is -2.24. The molecule has 1 fully saturated rings. The Bertz CT molecular complexity index is 431. The van der Waals surface area contributed by atoms with Crippen LogP contribution in [0.3, 0.4) is 0 Å². The molecule has 1 N–H and O–H groups in total. The van der Waals surface area contributed by atoms with Crippen molar-refractivity contribution in [2.45, 2.75) is 31.9 Å². The van der Waals surface area contributed by atoms with Gasteiger partial charge in [0, 0.05) is 0 Å². The fourth-order valence-corrected chi connectivity index (χ4v) is 2.42. The normalized spacial score (nSPS) is 16.6. The van der Waals surface area contributed by atoms with Gasteiger partial charge in [0.2, 0.25) is 0 Å². The van der Waals surface area contributed by atoms with Gasteiger partial charge in [0.1, 0.15) is 5.75 Å². The summed E-state index contributed by atoms with van der Waals surface area (Å²) in [6.45, 7) is 2.56. The van der Waals surface area contributed by atoms with Crippen molar-refractivity contribution in [2.24, 2.45) is 0 Å². The summed E-state index contributed by atoms with van der Waals surface area (Å²) in [7, 11) is 0. The van der Waals surface area contributed by atoms with Crippen LogP contribution in [-0.2, 0) is 0 Å². The van der Waals surface area contributed by atoms with Crippen molar-refractivity contribution in [3.8, 4) is 5.75 Å². The van der Waals surface area contributed by atoms with Crippen LogP contribution in [0, 0.1) is 6.92 Å². The van der Waals surface area contributed by atoms with Crippen molar-refractivity contribution in [3.05, 3.63) is 29.3 Å². The van der Waals surface area contributed by atoms with Crippen LogP contribution in [0.2, 0.25) is 0 Å². The van der Waals surface area contributed by atoms with E-state index in [-0.39, 0.29) is 12.4 Å². The van der Waals surface area contributed by atoms with Crippen LogP contribution in [0.1, 0.15) is 29.9 Å². The third-order valence-corrected chi connectivity index (χ3v) is 3.29. The quantitative estimate of drug-likeness (QED) is 0.916. The molecule has 1 aromatic carbocycles. The second-order valence-electron chi connectivity index (χ2n) is 5.01. The number of benzene rings is 1. The molecule has 0 amide bonds. The van der Waals surface area contributed by atoms with Gasteiger partial charge in [0.15, 0.2) is 6.61 Å². The molecular weight excluding hydrogens is 291 g/mol. The standard InChI is InChI=1S/C14H18F3NO.ClH/c1-10-6-12(11-2-4-18-5-3-11)8-13(7-10)19-9-14(15,16)17;/h6-8,11,18H,2-5,9H2,1H3;1H. The number of aryl methyl sites for hydroxylation is 1. The molecular formula is C14H19ClF3NO. The molecule has 1 aliphatic heterocycles. The maximum Gasteiger partial charge on any atom is 0.422 e. The lowest BCUT2D eigenvalue weighted by Crippen LogP contribution is -2.26. The molecule has 1 heterocycles. The summed E-state index contributed by atoms with van der Waals surface area (Å²) in [4.78, 5) is 0. The molecule has 0 aromatic heterocycles. The van der Waals surface area contributed by atoms with E-state index < -0.39 is 12.8 Å². The van der Waals surface area contributed by atoms with E-state index in [1.807, 2.05) is 13.0 Å². The molecule has 1 aromatic rings. The van der Waals surface area contributed by atoms with E-state index in [1.165, 1.54) is 0 Å². The van der Waals surface area contributed by atoms with E-state index >= 15 is 0 Å². The van der Waals surface area contributed by atoms with Crippen LogP contribution in [0.5, 0.6) is 5.75 Å². The first kappa shape index (κ1) is 17.1. The predicted octanol–water partition coefficient (Wildman–Crippen LogP) is 3.82. The highest BCUT2D eigenvalue weighted by molar-refractivity contribution is 5.85. The van der Waals surface area contributed by atoms with Gasteiger partial charge in [-0.15, -0.1) is 12.4 Å². The fraction of sp³-hybridized carbons (Fsp3) is 0.571. The summed E-state index contributed by atoms with van der Waals surface area (Å²) in [6.07, 6.45) is -2.26. The average Bonchev–Trinajstić information content (AvgIpc) is 2.36. The minimum atomic E-state index is -4.29. The van der Waals surface area contributed by atoms with Gasteiger partial charge in [-0.3, -0.25) is 0 Å². The third-order valence-electron chi connectivity index (χ3n) is 3.29. The first-order chi connectivity index (χ1) is 8.94. The van der Waals surface area contributed by atoms with Gasteiger partial charge in [0.05, 0.1) is 0 Å². The number of halogens is 4. The molecule has 0 atom stereocenters. The second-order valence-corrected chi connectivity index (χ2v) is 5.01. The summed E-state index contributed by atoms with van der Waals surface area (Å²) >= 11 is 0. The molecule has 20 heavy (non-hydrogen) atoms. The molecule has 0 spiro atoms. The van der Waals surface area contributed by atoms with Crippen LogP contribution >= 0.6 is 12.4 Å². The zero-order chi connectivity index (χ0) is 13.9. The first-order valence-electron chi connectivity index (χ1n) is 6.46. The molecule has 6 heteroatoms. The highest BCUT2D eigenvalue weighted by atomic mass is 35.5. The lowest BCUT2D eigenvalue weighted by molar-refractivity contribution is -0.153. The molecule has 2 rings (SSSR count). The molecule has 0 radical (unpaired) electrons. The average molecular weight is 310 g/mol. The van der Waals surface area contributed by atoms with Crippen molar-refractivity contribution >= 4 is 12.4 Å². The monoisotopic (exact) mass is 309 g/mol. The Morgan fingerprint density at radius 1 is 1.20 bits per heavy atom. The van der Waals surface area contributed by atoms with Crippen LogP contribution in [0.25, 0.3) is 0 Å². The largest absolute Gasteiger partial charge is 0.484 e. The highest BCUT2D eigenvalue weighted by Gasteiger charge is 2.28. The molecule has 1 saturated heterocycles. The first-order valence-corrected chi connectivity index (χ1v) is 6.46. The van der Waals surface area contributed by atoms with Gasteiger partial charge in [-0.05, 0) is 62.0 Å². The van der Waals surface area contributed by atoms with E-state index in [9.17, 15) is 13.2 Å². The fourth-order valence-electron chi connectivity index (χ4n) is 2.42. The van der Waals surface area contributed by atoms with E-state index in [4.69, 9.17) is 4.74 Å². The van der Waals surface area contributed by atoms with E-state index in [0.29, 0.717) is 11.7 Å². The van der Waals surface area contributed by atoms with Crippen LogP contribution < -0.4 is 10.1 Å². The number of hydrogen-bond donors (Lipinski definition) is 1. The van der Waals surface area contributed by atoms with Gasteiger partial charge in [-0.2, -0.15) is 13.2 Å². The van der Waals surface area contributed by atoms with E-state index in [2.05, 4.69) is 5.32 Å². The number of ether oxygens (including phenoxy) is 1. The summed E-state index contributed by atoms with van der Waals surface area (Å²) in [5.41, 5.74) is 2.02. The molecule has 0 bridgehead atoms.